The summed E-state index contributed by atoms with van der Waals surface area (Å²) in [6, 6.07) is 1.41. The van der Waals surface area contributed by atoms with Gasteiger partial charge in [0.1, 0.15) is 5.75 Å². The summed E-state index contributed by atoms with van der Waals surface area (Å²) in [5.41, 5.74) is 0. The minimum absolute atomic E-state index is 0.0376. The molecule has 1 saturated heterocycles. The van der Waals surface area contributed by atoms with Gasteiger partial charge in [0, 0.05) is 19.1 Å². The molecule has 1 aliphatic heterocycles. The summed E-state index contributed by atoms with van der Waals surface area (Å²) in [7, 11) is 0. The van der Waals surface area contributed by atoms with E-state index in [4.69, 9.17) is 25.8 Å². The zero-order chi connectivity index (χ0) is 13.5. The molecule has 0 N–H and O–H groups in total. The average Bonchev–Trinajstić information content (AvgIpc) is 2.43. The molecule has 19 heavy (non-hydrogen) atoms. The fourth-order valence-corrected chi connectivity index (χ4v) is 1.95. The van der Waals surface area contributed by atoms with Gasteiger partial charge in [0.2, 0.25) is 5.95 Å². The van der Waals surface area contributed by atoms with Gasteiger partial charge in [0.25, 0.3) is 0 Å². The summed E-state index contributed by atoms with van der Waals surface area (Å²) >= 11 is 5.60. The lowest BCUT2D eigenvalue weighted by atomic mass is 10.2. The maximum absolute atomic E-state index is 12.8. The normalized spacial score (nSPS) is 19.4. The van der Waals surface area contributed by atoms with Crippen LogP contribution in [0, 0.1) is 5.95 Å². The second-order valence-electron chi connectivity index (χ2n) is 4.31. The number of hydrogen-bond donors (Lipinski definition) is 0. The number of nitrogens with zero attached hydrogens (tertiary/aromatic N) is 1. The number of hydrogen-bond acceptors (Lipinski definition) is 4. The summed E-state index contributed by atoms with van der Waals surface area (Å²) in [4.78, 5) is 3.48. The Morgan fingerprint density at radius 1 is 1.42 bits per heavy atom. The maximum Gasteiger partial charge on any atom is 0.231 e. The van der Waals surface area contributed by atoms with Gasteiger partial charge in [-0.2, -0.15) is 4.39 Å². The van der Waals surface area contributed by atoms with Gasteiger partial charge in [0.05, 0.1) is 24.4 Å². The van der Waals surface area contributed by atoms with Crippen molar-refractivity contribution >= 4 is 11.6 Å². The fourth-order valence-electron chi connectivity index (χ4n) is 1.79. The van der Waals surface area contributed by atoms with E-state index in [0.717, 1.165) is 32.3 Å². The molecule has 0 bridgehead atoms. The van der Waals surface area contributed by atoms with Crippen LogP contribution in [0.4, 0.5) is 4.39 Å². The minimum Gasteiger partial charge on any atom is -0.492 e. The van der Waals surface area contributed by atoms with Gasteiger partial charge in [-0.05, 0) is 19.3 Å². The third-order valence-electron chi connectivity index (χ3n) is 2.77. The molecular formula is C13H17ClFNO3. The van der Waals surface area contributed by atoms with Gasteiger partial charge in [0.15, 0.2) is 6.29 Å². The molecule has 2 heterocycles. The van der Waals surface area contributed by atoms with Crippen LogP contribution in [0.1, 0.15) is 25.7 Å². The van der Waals surface area contributed by atoms with Crippen molar-refractivity contribution in [3.8, 4) is 5.75 Å². The molecule has 1 fully saturated rings. The van der Waals surface area contributed by atoms with Crippen molar-refractivity contribution in [2.24, 2.45) is 0 Å². The first-order valence-corrected chi connectivity index (χ1v) is 6.80. The summed E-state index contributed by atoms with van der Waals surface area (Å²) in [5, 5.41) is -0.0376. The molecule has 106 valence electrons. The molecule has 2 rings (SSSR count). The summed E-state index contributed by atoms with van der Waals surface area (Å²) < 4.78 is 29.2. The van der Waals surface area contributed by atoms with Crippen LogP contribution in [0.2, 0.25) is 5.02 Å². The standard InChI is InChI=1S/C13H17ClFNO3/c14-11-8-10(9-16-13(11)15)17-6-3-7-19-12-4-1-2-5-18-12/h8-9,12H,1-7H2. The van der Waals surface area contributed by atoms with Crippen molar-refractivity contribution in [2.75, 3.05) is 19.8 Å². The zero-order valence-corrected chi connectivity index (χ0v) is 11.4. The first-order chi connectivity index (χ1) is 9.25. The molecule has 1 aromatic rings. The van der Waals surface area contributed by atoms with E-state index in [1.54, 1.807) is 0 Å². The molecule has 1 aliphatic rings. The van der Waals surface area contributed by atoms with Crippen LogP contribution in [-0.4, -0.2) is 31.1 Å². The topological polar surface area (TPSA) is 40.6 Å². The van der Waals surface area contributed by atoms with E-state index >= 15 is 0 Å². The Hall–Kier alpha value is -0.910. The third-order valence-corrected chi connectivity index (χ3v) is 3.04. The Labute approximate surface area is 116 Å². The number of rotatable bonds is 6. The van der Waals surface area contributed by atoms with E-state index in [1.807, 2.05) is 0 Å². The van der Waals surface area contributed by atoms with Crippen molar-refractivity contribution < 1.29 is 18.6 Å². The Bertz CT molecular complexity index is 399. The highest BCUT2D eigenvalue weighted by Gasteiger charge is 2.13. The van der Waals surface area contributed by atoms with E-state index in [1.165, 1.54) is 12.3 Å². The van der Waals surface area contributed by atoms with Gasteiger partial charge >= 0.3 is 0 Å². The van der Waals surface area contributed by atoms with E-state index in [0.29, 0.717) is 19.0 Å². The average molecular weight is 290 g/mol. The van der Waals surface area contributed by atoms with Crippen LogP contribution in [0.25, 0.3) is 0 Å². The molecule has 0 amide bonds. The number of pyridine rings is 1. The quantitative estimate of drug-likeness (QED) is 0.596. The zero-order valence-electron chi connectivity index (χ0n) is 10.6. The largest absolute Gasteiger partial charge is 0.492 e. The monoisotopic (exact) mass is 289 g/mol. The maximum atomic E-state index is 12.8. The van der Waals surface area contributed by atoms with Crippen molar-refractivity contribution in [1.82, 2.24) is 4.98 Å². The number of ether oxygens (including phenoxy) is 3. The molecular weight excluding hydrogens is 273 g/mol. The predicted molar refractivity (Wildman–Crippen MR) is 68.9 cm³/mol. The van der Waals surface area contributed by atoms with Crippen LogP contribution in [0.5, 0.6) is 5.75 Å². The molecule has 4 nitrogen and oxygen atoms in total. The lowest BCUT2D eigenvalue weighted by molar-refractivity contribution is -0.163. The van der Waals surface area contributed by atoms with Crippen molar-refractivity contribution in [3.05, 3.63) is 23.2 Å². The highest BCUT2D eigenvalue weighted by atomic mass is 35.5. The lowest BCUT2D eigenvalue weighted by Crippen LogP contribution is -2.23. The predicted octanol–water partition coefficient (Wildman–Crippen LogP) is 3.19. The van der Waals surface area contributed by atoms with E-state index in [-0.39, 0.29) is 11.3 Å². The lowest BCUT2D eigenvalue weighted by Gasteiger charge is -2.22. The molecule has 0 aromatic carbocycles. The highest BCUT2D eigenvalue weighted by Crippen LogP contribution is 2.19. The van der Waals surface area contributed by atoms with Crippen LogP contribution in [0.3, 0.4) is 0 Å². The SMILES string of the molecule is Fc1ncc(OCCCOC2CCCCO2)cc1Cl. The van der Waals surface area contributed by atoms with Crippen LogP contribution in [-0.2, 0) is 9.47 Å². The Morgan fingerprint density at radius 3 is 3.05 bits per heavy atom. The summed E-state index contributed by atoms with van der Waals surface area (Å²) in [6.07, 6.45) is 5.19. The Morgan fingerprint density at radius 2 is 2.32 bits per heavy atom. The molecule has 1 atom stereocenters. The molecule has 6 heteroatoms. The first-order valence-electron chi connectivity index (χ1n) is 6.43. The Kier molecular flexibility index (Phi) is 5.82. The number of aromatic nitrogens is 1. The van der Waals surface area contributed by atoms with Gasteiger partial charge in [-0.3, -0.25) is 0 Å². The fraction of sp³-hybridized carbons (Fsp3) is 0.615. The second kappa shape index (κ2) is 7.62. The van der Waals surface area contributed by atoms with Crippen molar-refractivity contribution in [2.45, 2.75) is 32.0 Å². The first kappa shape index (κ1) is 14.5. The van der Waals surface area contributed by atoms with Gasteiger partial charge in [-0.15, -0.1) is 0 Å². The molecule has 0 saturated carbocycles. The Balaban J connectivity index is 1.59. The molecule has 1 unspecified atom stereocenters. The van der Waals surface area contributed by atoms with Crippen molar-refractivity contribution in [1.29, 1.82) is 0 Å². The van der Waals surface area contributed by atoms with Gasteiger partial charge in [-0.25, -0.2) is 4.98 Å². The molecule has 1 aromatic heterocycles. The molecule has 0 spiro atoms. The van der Waals surface area contributed by atoms with Crippen LogP contribution in [0.15, 0.2) is 12.3 Å². The van der Waals surface area contributed by atoms with Gasteiger partial charge in [-0.1, -0.05) is 11.6 Å². The summed E-state index contributed by atoms with van der Waals surface area (Å²) in [6.45, 7) is 1.82. The van der Waals surface area contributed by atoms with Crippen molar-refractivity contribution in [3.63, 3.8) is 0 Å². The third kappa shape index (κ3) is 4.93. The highest BCUT2D eigenvalue weighted by molar-refractivity contribution is 6.30. The smallest absolute Gasteiger partial charge is 0.231 e. The van der Waals surface area contributed by atoms with Crippen LogP contribution >= 0.6 is 11.6 Å². The molecule has 0 radical (unpaired) electrons. The second-order valence-corrected chi connectivity index (χ2v) is 4.72. The van der Waals surface area contributed by atoms with E-state index in [2.05, 4.69) is 4.98 Å². The van der Waals surface area contributed by atoms with Crippen LogP contribution < -0.4 is 4.74 Å². The minimum atomic E-state index is -0.688. The number of halogens is 2. The molecule has 0 aliphatic carbocycles. The van der Waals surface area contributed by atoms with Gasteiger partial charge < -0.3 is 14.2 Å². The summed E-state index contributed by atoms with van der Waals surface area (Å²) in [5.74, 6) is -0.230. The van der Waals surface area contributed by atoms with E-state index < -0.39 is 5.95 Å². The van der Waals surface area contributed by atoms with E-state index in [9.17, 15) is 4.39 Å².